The van der Waals surface area contributed by atoms with E-state index >= 15 is 0 Å². The second kappa shape index (κ2) is 11.0. The van der Waals surface area contributed by atoms with E-state index in [9.17, 15) is 9.59 Å². The number of hydrogen-bond donors (Lipinski definition) is 0. The molecule has 180 valence electrons. The van der Waals surface area contributed by atoms with Crippen molar-refractivity contribution in [3.05, 3.63) is 132 Å². The normalized spacial score (nSPS) is 17.2. The number of benzene rings is 4. The van der Waals surface area contributed by atoms with E-state index in [1.165, 1.54) is 0 Å². The van der Waals surface area contributed by atoms with Crippen LogP contribution in [0.4, 0.5) is 11.4 Å². The molecule has 0 radical (unpaired) electrons. The molecule has 0 aliphatic heterocycles. The van der Waals surface area contributed by atoms with Gasteiger partial charge in [0.15, 0.2) is 0 Å². The molecule has 2 atom stereocenters. The van der Waals surface area contributed by atoms with Gasteiger partial charge in [0.1, 0.15) is 0 Å². The first-order valence-corrected chi connectivity index (χ1v) is 12.6. The number of carbonyl (C=O) groups excluding carboxylic acids is 2. The lowest BCUT2D eigenvalue weighted by atomic mass is 9.87. The van der Waals surface area contributed by atoms with Crippen molar-refractivity contribution in [2.45, 2.75) is 37.8 Å². The first-order chi connectivity index (χ1) is 17.7. The smallest absolute Gasteiger partial charge is 0.258 e. The Hall–Kier alpha value is -4.18. The first-order valence-electron chi connectivity index (χ1n) is 12.6. The average Bonchev–Trinajstić information content (AvgIpc) is 2.96. The van der Waals surface area contributed by atoms with Crippen molar-refractivity contribution in [1.82, 2.24) is 0 Å². The Kier molecular flexibility index (Phi) is 7.23. The van der Waals surface area contributed by atoms with Gasteiger partial charge in [-0.15, -0.1) is 0 Å². The van der Waals surface area contributed by atoms with Gasteiger partial charge < -0.3 is 9.80 Å². The van der Waals surface area contributed by atoms with Crippen LogP contribution in [-0.2, 0) is 0 Å². The van der Waals surface area contributed by atoms with Gasteiger partial charge in [-0.3, -0.25) is 9.59 Å². The van der Waals surface area contributed by atoms with Gasteiger partial charge >= 0.3 is 0 Å². The standard InChI is InChI=1S/C32H30N2O2/c35-31(25-14-5-1-6-15-25)33(27-18-9-3-10-19-27)29-22-13-23-30(24-29)34(28-20-11-4-12-21-28)32(36)26-16-7-2-8-17-26/h1-12,14-21,29-30H,13,22-24H2. The fraction of sp³-hybridized carbons (Fsp3) is 0.188. The molecule has 1 fully saturated rings. The SMILES string of the molecule is O=C(c1ccccc1)N(c1ccccc1)C1CCCC(N(C(=O)c2ccccc2)c2ccccc2)C1. The monoisotopic (exact) mass is 474 g/mol. The van der Waals surface area contributed by atoms with E-state index in [4.69, 9.17) is 0 Å². The highest BCUT2D eigenvalue weighted by atomic mass is 16.2. The van der Waals surface area contributed by atoms with Gasteiger partial charge in [0.05, 0.1) is 0 Å². The van der Waals surface area contributed by atoms with Crippen molar-refractivity contribution in [3.63, 3.8) is 0 Å². The third kappa shape index (κ3) is 5.08. The van der Waals surface area contributed by atoms with E-state index in [-0.39, 0.29) is 23.9 Å². The molecule has 1 aliphatic rings. The van der Waals surface area contributed by atoms with Gasteiger partial charge in [-0.05, 0) is 74.2 Å². The first kappa shape index (κ1) is 23.6. The Morgan fingerprint density at radius 1 is 0.500 bits per heavy atom. The molecule has 2 unspecified atom stereocenters. The third-order valence-electron chi connectivity index (χ3n) is 6.90. The number of amides is 2. The van der Waals surface area contributed by atoms with Crippen LogP contribution in [0.15, 0.2) is 121 Å². The highest BCUT2D eigenvalue weighted by Gasteiger charge is 2.36. The minimum atomic E-state index is -0.0198. The Labute approximate surface area is 212 Å². The fourth-order valence-corrected chi connectivity index (χ4v) is 5.21. The second-order valence-electron chi connectivity index (χ2n) is 9.23. The molecule has 2 amide bonds. The predicted octanol–water partition coefficient (Wildman–Crippen LogP) is 6.99. The summed E-state index contributed by atoms with van der Waals surface area (Å²) in [6.07, 6.45) is 3.44. The van der Waals surface area contributed by atoms with Gasteiger partial charge in [0.25, 0.3) is 11.8 Å². The molecule has 0 spiro atoms. The molecule has 0 N–H and O–H groups in total. The Morgan fingerprint density at radius 3 is 1.19 bits per heavy atom. The molecule has 0 aromatic heterocycles. The summed E-state index contributed by atoms with van der Waals surface area (Å²) in [6.45, 7) is 0. The molecule has 0 saturated heterocycles. The van der Waals surface area contributed by atoms with Crippen LogP contribution < -0.4 is 9.80 Å². The molecular formula is C32H30N2O2. The van der Waals surface area contributed by atoms with Crippen molar-refractivity contribution in [3.8, 4) is 0 Å². The van der Waals surface area contributed by atoms with E-state index in [1.807, 2.05) is 131 Å². The molecule has 0 bridgehead atoms. The summed E-state index contributed by atoms with van der Waals surface area (Å²) in [5.74, 6) is -0.0128. The largest absolute Gasteiger partial charge is 0.305 e. The van der Waals surface area contributed by atoms with Gasteiger partial charge in [0.2, 0.25) is 0 Å². The molecule has 0 heterocycles. The second-order valence-corrected chi connectivity index (χ2v) is 9.23. The van der Waals surface area contributed by atoms with Crippen molar-refractivity contribution in [1.29, 1.82) is 0 Å². The van der Waals surface area contributed by atoms with Gasteiger partial charge in [-0.25, -0.2) is 0 Å². The van der Waals surface area contributed by atoms with E-state index in [0.717, 1.165) is 30.6 Å². The van der Waals surface area contributed by atoms with Crippen LogP contribution in [0.5, 0.6) is 0 Å². The minimum absolute atomic E-state index is 0.00639. The summed E-state index contributed by atoms with van der Waals surface area (Å²) in [6, 6.07) is 38.7. The Balaban J connectivity index is 1.49. The number of hydrogen-bond acceptors (Lipinski definition) is 2. The van der Waals surface area contributed by atoms with Gasteiger partial charge in [0, 0.05) is 34.6 Å². The zero-order valence-corrected chi connectivity index (χ0v) is 20.2. The quantitative estimate of drug-likeness (QED) is 0.302. The zero-order chi connectivity index (χ0) is 24.7. The lowest BCUT2D eigenvalue weighted by molar-refractivity contribution is 0.0959. The number of nitrogens with zero attached hydrogens (tertiary/aromatic N) is 2. The molecule has 4 aromatic rings. The summed E-state index contributed by atoms with van der Waals surface area (Å²) >= 11 is 0. The number of rotatable bonds is 6. The maximum Gasteiger partial charge on any atom is 0.258 e. The summed E-state index contributed by atoms with van der Waals surface area (Å²) in [5.41, 5.74) is 3.11. The third-order valence-corrected chi connectivity index (χ3v) is 6.90. The maximum atomic E-state index is 13.8. The van der Waals surface area contributed by atoms with Crippen molar-refractivity contribution >= 4 is 23.2 Å². The summed E-state index contributed by atoms with van der Waals surface area (Å²) in [7, 11) is 0. The molecule has 4 heteroatoms. The van der Waals surface area contributed by atoms with E-state index < -0.39 is 0 Å². The summed E-state index contributed by atoms with van der Waals surface area (Å²) in [5, 5.41) is 0. The van der Waals surface area contributed by atoms with Crippen molar-refractivity contribution < 1.29 is 9.59 Å². The molecule has 4 aromatic carbocycles. The molecule has 1 aliphatic carbocycles. The molecule has 36 heavy (non-hydrogen) atoms. The summed E-state index contributed by atoms with van der Waals surface area (Å²) in [4.78, 5) is 31.5. The van der Waals surface area contributed by atoms with E-state index in [0.29, 0.717) is 17.5 Å². The molecule has 4 nitrogen and oxygen atoms in total. The van der Waals surface area contributed by atoms with Crippen LogP contribution in [0.1, 0.15) is 46.4 Å². The molecule has 1 saturated carbocycles. The zero-order valence-electron chi connectivity index (χ0n) is 20.2. The van der Waals surface area contributed by atoms with E-state index in [1.54, 1.807) is 0 Å². The maximum absolute atomic E-state index is 13.8. The van der Waals surface area contributed by atoms with Crippen molar-refractivity contribution in [2.75, 3.05) is 9.80 Å². The number of para-hydroxylation sites is 2. The Morgan fingerprint density at radius 2 is 0.833 bits per heavy atom. The highest BCUT2D eigenvalue weighted by Crippen LogP contribution is 2.34. The highest BCUT2D eigenvalue weighted by molar-refractivity contribution is 6.07. The minimum Gasteiger partial charge on any atom is -0.305 e. The summed E-state index contributed by atoms with van der Waals surface area (Å²) < 4.78 is 0. The van der Waals surface area contributed by atoms with E-state index in [2.05, 4.69) is 0 Å². The fourth-order valence-electron chi connectivity index (χ4n) is 5.21. The van der Waals surface area contributed by atoms with Gasteiger partial charge in [-0.1, -0.05) is 72.8 Å². The van der Waals surface area contributed by atoms with Crippen molar-refractivity contribution in [2.24, 2.45) is 0 Å². The predicted molar refractivity (Wildman–Crippen MR) is 145 cm³/mol. The lowest BCUT2D eigenvalue weighted by Crippen LogP contribution is -2.50. The van der Waals surface area contributed by atoms with Crippen LogP contribution in [0.3, 0.4) is 0 Å². The topological polar surface area (TPSA) is 40.6 Å². The van der Waals surface area contributed by atoms with Crippen LogP contribution in [0, 0.1) is 0 Å². The molecular weight excluding hydrogens is 444 g/mol. The Bertz CT molecular complexity index is 1180. The van der Waals surface area contributed by atoms with Crippen LogP contribution in [0.2, 0.25) is 0 Å². The number of anilines is 2. The number of carbonyl (C=O) groups is 2. The molecule has 5 rings (SSSR count). The lowest BCUT2D eigenvalue weighted by Gasteiger charge is -2.42. The van der Waals surface area contributed by atoms with Crippen LogP contribution in [0.25, 0.3) is 0 Å². The van der Waals surface area contributed by atoms with Gasteiger partial charge in [-0.2, -0.15) is 0 Å². The van der Waals surface area contributed by atoms with Crippen LogP contribution in [-0.4, -0.2) is 23.9 Å². The van der Waals surface area contributed by atoms with Crippen LogP contribution >= 0.6 is 0 Å². The average molecular weight is 475 g/mol.